The van der Waals surface area contributed by atoms with Gasteiger partial charge in [0.1, 0.15) is 54.7 Å². The van der Waals surface area contributed by atoms with E-state index in [0.29, 0.717) is 23.7 Å². The molecule has 1 saturated heterocycles. The third kappa shape index (κ3) is 12.3. The van der Waals surface area contributed by atoms with E-state index in [4.69, 9.17) is 19.9 Å². The second-order valence-electron chi connectivity index (χ2n) is 21.3. The summed E-state index contributed by atoms with van der Waals surface area (Å²) < 4.78 is 16.9. The van der Waals surface area contributed by atoms with Crippen molar-refractivity contribution in [2.75, 3.05) is 6.61 Å². The Balaban J connectivity index is 1.06. The molecule has 17 heteroatoms. The number of rotatable bonds is 20. The highest BCUT2D eigenvalue weighted by atomic mass is 16.6. The van der Waals surface area contributed by atoms with E-state index >= 15 is 0 Å². The van der Waals surface area contributed by atoms with Gasteiger partial charge in [-0.15, -0.1) is 0 Å². The zero-order valence-electron chi connectivity index (χ0n) is 40.8. The van der Waals surface area contributed by atoms with Gasteiger partial charge in [-0.3, -0.25) is 24.0 Å². The largest absolute Gasteiger partial charge is 0.461 e. The number of allylic oxidation sites excluding steroid dienone is 1. The van der Waals surface area contributed by atoms with Gasteiger partial charge in [0.05, 0.1) is 6.61 Å². The van der Waals surface area contributed by atoms with Crippen LogP contribution in [0.3, 0.4) is 0 Å². The number of carbonyl (C=O) groups excluding carboxylic acids is 6. The molecule has 4 fully saturated rings. The molecule has 66 heavy (non-hydrogen) atoms. The first-order valence-corrected chi connectivity index (χ1v) is 24.6. The van der Waals surface area contributed by atoms with Crippen LogP contribution in [0.5, 0.6) is 0 Å². The molecule has 1 aliphatic heterocycles. The summed E-state index contributed by atoms with van der Waals surface area (Å²) in [5.41, 5.74) is 7.48. The molecular weight excluding hydrogens is 851 g/mol. The van der Waals surface area contributed by atoms with Crippen molar-refractivity contribution in [3.63, 3.8) is 0 Å². The molecule has 2 unspecified atom stereocenters. The van der Waals surface area contributed by atoms with E-state index in [2.05, 4.69) is 62.0 Å². The van der Waals surface area contributed by atoms with Gasteiger partial charge >= 0.3 is 5.97 Å². The maximum Gasteiger partial charge on any atom is 0.328 e. The van der Waals surface area contributed by atoms with Crippen molar-refractivity contribution in [1.29, 1.82) is 0 Å². The molecule has 1 heterocycles. The van der Waals surface area contributed by atoms with Crippen LogP contribution in [0.2, 0.25) is 0 Å². The Morgan fingerprint density at radius 3 is 2.24 bits per heavy atom. The Hall–Kier alpha value is -3.64. The van der Waals surface area contributed by atoms with Gasteiger partial charge in [-0.05, 0) is 118 Å². The lowest BCUT2D eigenvalue weighted by Gasteiger charge is -2.58. The highest BCUT2D eigenvalue weighted by Crippen LogP contribution is 2.67. The Kier molecular flexibility index (Phi) is 18.3. The maximum absolute atomic E-state index is 13.3. The SMILES string of the molecule is CC(=O)N[C@H]1C(O)O[C@H](CO)[C@@H](O)[C@@H]1OC(C)C(=O)N[C@@H](C)C(=O)N[C@H](CCC(=O)N[C@@H](C)C(=O)O[C@H]1CC[C@@]2(C)C(=CC[C@H]3[C@@H]4CC[C@H]([C@H](C)CCCC(C)C)[C@@]4(C)CC[C@@H]32)C1)C(N)=O. The minimum atomic E-state index is -1.67. The van der Waals surface area contributed by atoms with Crippen LogP contribution < -0.4 is 27.0 Å². The predicted molar refractivity (Wildman–Crippen MR) is 244 cm³/mol. The van der Waals surface area contributed by atoms with Gasteiger partial charge in [0.2, 0.25) is 29.5 Å². The minimum Gasteiger partial charge on any atom is -0.461 e. The number of primary amides is 1. The topological polar surface area (TPSA) is 265 Å². The number of hydrogen-bond donors (Lipinski definition) is 8. The standard InChI is InChI=1S/C49H81N5O12/c1-25(2)11-10-12-26(3)34-15-16-35-33-14-13-31-23-32(19-21-48(31,8)36(33)20-22-49(34,35)9)65-46(62)28(5)51-39(57)18-17-37(43(50)59)54-44(60)27(4)52-45(61)29(6)64-42-40(53-30(7)56)47(63)66-38(24-55)41(42)58/h13,25-29,32-38,40-42,47,55,58,63H,10-12,14-24H2,1-9H3,(H2,50,59)(H,51,57)(H,52,61)(H,53,56)(H,54,60)/t26-,27+,28+,29?,32+,33+,34-,35+,36+,37-,38-,40-,41-,42-,47?,48+,49-/m1/s1. The van der Waals surface area contributed by atoms with E-state index in [-0.39, 0.29) is 24.4 Å². The van der Waals surface area contributed by atoms with Gasteiger partial charge in [0.25, 0.3) is 0 Å². The van der Waals surface area contributed by atoms with E-state index in [1.807, 2.05) is 0 Å². The van der Waals surface area contributed by atoms with E-state index in [9.17, 15) is 44.1 Å². The van der Waals surface area contributed by atoms with Gasteiger partial charge in [0, 0.05) is 19.8 Å². The fourth-order valence-electron chi connectivity index (χ4n) is 12.6. The normalized spacial score (nSPS) is 35.0. The molecule has 0 aromatic rings. The summed E-state index contributed by atoms with van der Waals surface area (Å²) in [5.74, 6) is 0.238. The van der Waals surface area contributed by atoms with E-state index < -0.39 is 97.0 Å². The molecule has 0 aromatic heterocycles. The highest BCUT2D eigenvalue weighted by molar-refractivity contribution is 5.92. The molecule has 0 spiro atoms. The number of carbonyl (C=O) groups is 6. The third-order valence-electron chi connectivity index (χ3n) is 16.3. The van der Waals surface area contributed by atoms with Crippen LogP contribution in [0.25, 0.3) is 0 Å². The molecule has 4 aliphatic carbocycles. The number of amides is 5. The molecule has 0 aromatic carbocycles. The molecule has 374 valence electrons. The van der Waals surface area contributed by atoms with Crippen molar-refractivity contribution in [2.24, 2.45) is 52.1 Å². The molecule has 5 amide bonds. The number of esters is 1. The first-order valence-electron chi connectivity index (χ1n) is 24.6. The van der Waals surface area contributed by atoms with Crippen molar-refractivity contribution in [1.82, 2.24) is 21.3 Å². The maximum atomic E-state index is 13.3. The minimum absolute atomic E-state index is 0.0994. The average Bonchev–Trinajstić information content (AvgIpc) is 3.61. The smallest absolute Gasteiger partial charge is 0.328 e. The Labute approximate surface area is 391 Å². The molecule has 5 aliphatic rings. The second kappa shape index (κ2) is 22.6. The lowest BCUT2D eigenvalue weighted by atomic mass is 9.47. The zero-order chi connectivity index (χ0) is 48.8. The van der Waals surface area contributed by atoms with Crippen LogP contribution in [0.4, 0.5) is 0 Å². The first kappa shape index (κ1) is 53.3. The molecule has 9 N–H and O–H groups in total. The van der Waals surface area contributed by atoms with Crippen molar-refractivity contribution in [2.45, 2.75) is 207 Å². The number of fused-ring (bicyclic) bond motifs is 5. The Morgan fingerprint density at radius 2 is 1.59 bits per heavy atom. The quantitative estimate of drug-likeness (QED) is 0.0647. The van der Waals surface area contributed by atoms with Crippen LogP contribution in [0.15, 0.2) is 11.6 Å². The Bertz CT molecular complexity index is 1780. The van der Waals surface area contributed by atoms with Crippen molar-refractivity contribution in [3.8, 4) is 0 Å². The van der Waals surface area contributed by atoms with Gasteiger partial charge in [-0.25, -0.2) is 4.79 Å². The molecule has 5 rings (SSSR count). The second-order valence-corrected chi connectivity index (χ2v) is 21.3. The molecule has 17 atom stereocenters. The summed E-state index contributed by atoms with van der Waals surface area (Å²) in [4.78, 5) is 76.5. The van der Waals surface area contributed by atoms with E-state index in [1.54, 1.807) is 6.92 Å². The van der Waals surface area contributed by atoms with Crippen LogP contribution >= 0.6 is 0 Å². The number of aliphatic hydroxyl groups is 3. The Morgan fingerprint density at radius 1 is 0.879 bits per heavy atom. The average molecular weight is 932 g/mol. The van der Waals surface area contributed by atoms with Crippen molar-refractivity contribution in [3.05, 3.63) is 11.6 Å². The predicted octanol–water partition coefficient (Wildman–Crippen LogP) is 3.05. The van der Waals surface area contributed by atoms with Gasteiger partial charge in [0.15, 0.2) is 6.29 Å². The summed E-state index contributed by atoms with van der Waals surface area (Å²) in [6.45, 7) is 16.9. The van der Waals surface area contributed by atoms with Crippen LogP contribution in [-0.4, -0.2) is 118 Å². The van der Waals surface area contributed by atoms with E-state index in [1.165, 1.54) is 71.3 Å². The fraction of sp³-hybridized carbons (Fsp3) is 0.837. The van der Waals surface area contributed by atoms with Gasteiger partial charge in [-0.1, -0.05) is 65.5 Å². The third-order valence-corrected chi connectivity index (χ3v) is 16.3. The van der Waals surface area contributed by atoms with Crippen molar-refractivity contribution >= 4 is 35.5 Å². The van der Waals surface area contributed by atoms with Gasteiger partial charge < -0.3 is 56.5 Å². The number of hydrogen-bond acceptors (Lipinski definition) is 12. The monoisotopic (exact) mass is 932 g/mol. The van der Waals surface area contributed by atoms with Crippen LogP contribution in [-0.2, 0) is 43.0 Å². The summed E-state index contributed by atoms with van der Waals surface area (Å²) in [6.07, 6.45) is 7.28. The van der Waals surface area contributed by atoms with Crippen molar-refractivity contribution < 1.29 is 58.3 Å². The number of aliphatic hydroxyl groups excluding tert-OH is 3. The lowest BCUT2D eigenvalue weighted by molar-refractivity contribution is -0.266. The summed E-state index contributed by atoms with van der Waals surface area (Å²) >= 11 is 0. The summed E-state index contributed by atoms with van der Waals surface area (Å²) in [5, 5.41) is 40.5. The molecule has 17 nitrogen and oxygen atoms in total. The molecular formula is C49H81N5O12. The molecule has 3 saturated carbocycles. The highest BCUT2D eigenvalue weighted by Gasteiger charge is 2.59. The summed E-state index contributed by atoms with van der Waals surface area (Å²) in [7, 11) is 0. The summed E-state index contributed by atoms with van der Waals surface area (Å²) in [6, 6.07) is -4.76. The number of nitrogens with two attached hydrogens (primary N) is 1. The number of ether oxygens (including phenoxy) is 3. The fourth-order valence-corrected chi connectivity index (χ4v) is 12.6. The molecule has 0 bridgehead atoms. The van der Waals surface area contributed by atoms with Gasteiger partial charge in [-0.2, -0.15) is 0 Å². The number of nitrogens with one attached hydrogen (secondary N) is 4. The van der Waals surface area contributed by atoms with Crippen LogP contribution in [0, 0.1) is 46.3 Å². The first-order chi connectivity index (χ1) is 31.0. The zero-order valence-corrected chi connectivity index (χ0v) is 40.8. The van der Waals surface area contributed by atoms with E-state index in [0.717, 1.165) is 42.9 Å². The molecule has 0 radical (unpaired) electrons. The lowest BCUT2D eigenvalue weighted by Crippen LogP contribution is -2.65. The van der Waals surface area contributed by atoms with Crippen LogP contribution in [0.1, 0.15) is 146 Å².